The van der Waals surface area contributed by atoms with Crippen molar-refractivity contribution in [2.75, 3.05) is 20.3 Å². The first-order valence-corrected chi connectivity index (χ1v) is 16.7. The molecule has 0 saturated heterocycles. The standard InChI is InChI=1S/C31H30Cl2I2N4O7/c1-4-44-25-11-18(28-27(30(41)43-3)16(2)37-31(42)38-28)6-8-24(25)45-15-26(40)39-36-13-17-9-22(34)29(23(35)10-17)46-14-19-5-7-20(32)12-21(19)33/h5-13,26,28,39-40H,4,14-15H2,1-3H3,(H2,37,38,42)/b36-13-/t26-,28-/m1/s1. The van der Waals surface area contributed by atoms with Crippen LogP contribution in [0.1, 0.15) is 36.6 Å². The van der Waals surface area contributed by atoms with Crippen molar-refractivity contribution in [2.45, 2.75) is 32.7 Å². The minimum Gasteiger partial charge on any atom is -0.490 e. The Morgan fingerprint density at radius 2 is 1.83 bits per heavy atom. The lowest BCUT2D eigenvalue weighted by atomic mass is 9.95. The molecule has 0 saturated carbocycles. The Morgan fingerprint density at radius 1 is 1.09 bits per heavy atom. The first kappa shape index (κ1) is 35.9. The Labute approximate surface area is 303 Å². The molecule has 4 N–H and O–H groups in total. The van der Waals surface area contributed by atoms with E-state index in [0.29, 0.717) is 39.4 Å². The highest BCUT2D eigenvalue weighted by molar-refractivity contribution is 14.1. The number of hydrogen-bond donors (Lipinski definition) is 4. The minimum atomic E-state index is -1.14. The van der Waals surface area contributed by atoms with Crippen LogP contribution in [0.5, 0.6) is 17.2 Å². The molecule has 1 heterocycles. The van der Waals surface area contributed by atoms with E-state index in [1.165, 1.54) is 7.11 Å². The highest BCUT2D eigenvalue weighted by Crippen LogP contribution is 2.35. The van der Waals surface area contributed by atoms with Gasteiger partial charge < -0.3 is 34.7 Å². The number of carbonyl (C=O) groups excluding carboxylic acids is 2. The summed E-state index contributed by atoms with van der Waals surface area (Å²) >= 11 is 16.6. The number of aliphatic hydroxyl groups excluding tert-OH is 1. The second-order valence-electron chi connectivity index (χ2n) is 9.75. The fourth-order valence-corrected chi connectivity index (χ4v) is 6.99. The molecule has 0 radical (unpaired) electrons. The van der Waals surface area contributed by atoms with Crippen molar-refractivity contribution in [3.63, 3.8) is 0 Å². The Bertz CT molecular complexity index is 1650. The molecule has 1 aliphatic rings. The van der Waals surface area contributed by atoms with Crippen LogP contribution in [0.4, 0.5) is 4.79 Å². The van der Waals surface area contributed by atoms with Gasteiger partial charge in [-0.2, -0.15) is 5.10 Å². The van der Waals surface area contributed by atoms with Crippen LogP contribution in [0.25, 0.3) is 0 Å². The van der Waals surface area contributed by atoms with E-state index in [0.717, 1.165) is 24.0 Å². The molecule has 15 heteroatoms. The van der Waals surface area contributed by atoms with Crippen molar-refractivity contribution in [1.82, 2.24) is 16.1 Å². The fourth-order valence-electron chi connectivity index (χ4n) is 4.40. The van der Waals surface area contributed by atoms with E-state index in [-0.39, 0.29) is 18.8 Å². The molecule has 4 rings (SSSR count). The number of aliphatic hydroxyl groups is 1. The molecule has 2 atom stereocenters. The van der Waals surface area contributed by atoms with Gasteiger partial charge in [-0.15, -0.1) is 0 Å². The third-order valence-electron chi connectivity index (χ3n) is 6.52. The summed E-state index contributed by atoms with van der Waals surface area (Å²) in [6.45, 7) is 3.91. The number of methoxy groups -OCH3 is 1. The maximum Gasteiger partial charge on any atom is 0.337 e. The van der Waals surface area contributed by atoms with E-state index in [4.69, 9.17) is 42.1 Å². The molecular formula is C31H30Cl2I2N4O7. The molecule has 46 heavy (non-hydrogen) atoms. The topological polar surface area (TPSA) is 140 Å². The zero-order valence-electron chi connectivity index (χ0n) is 24.8. The van der Waals surface area contributed by atoms with Crippen molar-refractivity contribution < 1.29 is 33.6 Å². The highest BCUT2D eigenvalue weighted by Gasteiger charge is 2.32. The predicted molar refractivity (Wildman–Crippen MR) is 192 cm³/mol. The van der Waals surface area contributed by atoms with Crippen LogP contribution in [0.15, 0.2) is 64.9 Å². The first-order valence-electron chi connectivity index (χ1n) is 13.8. The molecule has 0 bridgehead atoms. The van der Waals surface area contributed by atoms with Crippen molar-refractivity contribution >= 4 is 86.6 Å². The van der Waals surface area contributed by atoms with Crippen LogP contribution in [0.3, 0.4) is 0 Å². The first-order chi connectivity index (χ1) is 22.0. The van der Waals surface area contributed by atoms with Crippen LogP contribution in [-0.2, 0) is 16.1 Å². The summed E-state index contributed by atoms with van der Waals surface area (Å²) < 4.78 is 24.3. The van der Waals surface area contributed by atoms with E-state index in [9.17, 15) is 14.7 Å². The quantitative estimate of drug-likeness (QED) is 0.0516. The molecule has 0 unspecified atom stereocenters. The third-order valence-corrected chi connectivity index (χ3v) is 8.71. The van der Waals surface area contributed by atoms with Crippen molar-refractivity contribution in [2.24, 2.45) is 5.10 Å². The summed E-state index contributed by atoms with van der Waals surface area (Å²) in [4.78, 5) is 24.6. The molecule has 0 fully saturated rings. The monoisotopic (exact) mass is 894 g/mol. The third kappa shape index (κ3) is 9.30. The van der Waals surface area contributed by atoms with Gasteiger partial charge in [-0.05, 0) is 107 Å². The van der Waals surface area contributed by atoms with E-state index >= 15 is 0 Å². The van der Waals surface area contributed by atoms with Crippen LogP contribution in [-0.4, -0.2) is 49.9 Å². The number of rotatable bonds is 13. The summed E-state index contributed by atoms with van der Waals surface area (Å²) in [5.41, 5.74) is 5.51. The van der Waals surface area contributed by atoms with E-state index in [1.54, 1.807) is 43.5 Å². The van der Waals surface area contributed by atoms with Gasteiger partial charge in [-0.1, -0.05) is 35.3 Å². The summed E-state index contributed by atoms with van der Waals surface area (Å²) in [6, 6.07) is 12.9. The van der Waals surface area contributed by atoms with Gasteiger partial charge in [0.2, 0.25) is 0 Å². The summed E-state index contributed by atoms with van der Waals surface area (Å²) in [7, 11) is 1.27. The van der Waals surface area contributed by atoms with Crippen LogP contribution in [0, 0.1) is 7.14 Å². The Kier molecular flexibility index (Phi) is 13.0. The normalized spacial score (nSPS) is 15.2. The molecule has 1 aliphatic heterocycles. The number of ether oxygens (including phenoxy) is 4. The number of hydrogen-bond acceptors (Lipinski definition) is 9. The number of halogens is 4. The fraction of sp³-hybridized carbons (Fsp3) is 0.258. The average Bonchev–Trinajstić information content (AvgIpc) is 3.00. The Balaban J connectivity index is 1.37. The molecule has 3 aromatic carbocycles. The lowest BCUT2D eigenvalue weighted by Crippen LogP contribution is -2.45. The van der Waals surface area contributed by atoms with Gasteiger partial charge in [0.05, 0.1) is 38.7 Å². The minimum absolute atomic E-state index is 0.150. The smallest absolute Gasteiger partial charge is 0.337 e. The maximum absolute atomic E-state index is 12.5. The molecule has 3 aromatic rings. The van der Waals surface area contributed by atoms with Crippen LogP contribution >= 0.6 is 68.4 Å². The SMILES string of the molecule is CCOc1cc([C@H]2NC(=O)NC(C)=C2C(=O)OC)ccc1OC[C@@H](O)N/N=C\c1cc(I)c(OCc2ccc(Cl)cc2Cl)c(I)c1. The van der Waals surface area contributed by atoms with Crippen LogP contribution < -0.4 is 30.3 Å². The lowest BCUT2D eigenvalue weighted by molar-refractivity contribution is -0.136. The van der Waals surface area contributed by atoms with Crippen molar-refractivity contribution in [1.29, 1.82) is 0 Å². The molecule has 0 aromatic heterocycles. The zero-order chi connectivity index (χ0) is 33.4. The molecule has 11 nitrogen and oxygen atoms in total. The molecule has 0 aliphatic carbocycles. The molecule has 2 amide bonds. The van der Waals surface area contributed by atoms with Crippen molar-refractivity contribution in [3.8, 4) is 17.2 Å². The van der Waals surface area contributed by atoms with Gasteiger partial charge in [-0.25, -0.2) is 9.59 Å². The van der Waals surface area contributed by atoms with Crippen molar-refractivity contribution in [3.05, 3.63) is 93.7 Å². The largest absolute Gasteiger partial charge is 0.490 e. The predicted octanol–water partition coefficient (Wildman–Crippen LogP) is 6.30. The molecule has 0 spiro atoms. The van der Waals surface area contributed by atoms with Gasteiger partial charge in [0, 0.05) is 21.3 Å². The average molecular weight is 895 g/mol. The molecular weight excluding hydrogens is 865 g/mol. The number of benzene rings is 3. The summed E-state index contributed by atoms with van der Waals surface area (Å²) in [5.74, 6) is 0.874. The zero-order valence-corrected chi connectivity index (χ0v) is 30.7. The number of esters is 1. The van der Waals surface area contributed by atoms with Gasteiger partial charge in [0.15, 0.2) is 17.7 Å². The van der Waals surface area contributed by atoms with E-state index < -0.39 is 24.3 Å². The second-order valence-corrected chi connectivity index (χ2v) is 12.9. The lowest BCUT2D eigenvalue weighted by Gasteiger charge is -2.28. The van der Waals surface area contributed by atoms with Crippen LogP contribution in [0.2, 0.25) is 10.0 Å². The Hall–Kier alpha value is -2.99. The second kappa shape index (κ2) is 16.7. The molecule has 244 valence electrons. The number of urea groups is 1. The summed E-state index contributed by atoms with van der Waals surface area (Å²) in [6.07, 6.45) is 0.436. The highest BCUT2D eigenvalue weighted by atomic mass is 127. The number of carbonyl (C=O) groups is 2. The number of allylic oxidation sites excluding steroid dienone is 1. The maximum atomic E-state index is 12.5. The van der Waals surface area contributed by atoms with Gasteiger partial charge in [0.25, 0.3) is 0 Å². The summed E-state index contributed by atoms with van der Waals surface area (Å²) in [5, 5.41) is 21.1. The van der Waals surface area contributed by atoms with E-state index in [1.807, 2.05) is 25.1 Å². The number of amides is 2. The number of nitrogens with one attached hydrogen (secondary N) is 3. The van der Waals surface area contributed by atoms with Gasteiger partial charge in [-0.3, -0.25) is 5.43 Å². The van der Waals surface area contributed by atoms with Gasteiger partial charge in [0.1, 0.15) is 19.0 Å². The van der Waals surface area contributed by atoms with E-state index in [2.05, 4.69) is 66.3 Å². The number of nitrogens with zero attached hydrogens (tertiary/aromatic N) is 1. The van der Waals surface area contributed by atoms with Gasteiger partial charge >= 0.3 is 12.0 Å². The number of hydrazone groups is 1. The Morgan fingerprint density at radius 3 is 2.50 bits per heavy atom.